The second-order valence-corrected chi connectivity index (χ2v) is 31.0. The van der Waals surface area contributed by atoms with Crippen LogP contribution in [0.2, 0.25) is 0 Å². The number of hydrogen-bond acceptors (Lipinski definition) is 8. The first-order valence-corrected chi connectivity index (χ1v) is 39.0. The number of fused-ring (bicyclic) bond motifs is 4. The molecule has 548 valence electrons. The van der Waals surface area contributed by atoms with Crippen LogP contribution < -0.4 is 28.7 Å². The second-order valence-electron chi connectivity index (χ2n) is 31.0. The first kappa shape index (κ1) is 73.8. The third-order valence-corrected chi connectivity index (χ3v) is 21.8. The molecule has 0 radical (unpaired) electrons. The van der Waals surface area contributed by atoms with E-state index in [1.54, 1.807) is 24.3 Å². The van der Waals surface area contributed by atoms with E-state index in [0.717, 1.165) is 76.8 Å². The third-order valence-electron chi connectivity index (χ3n) is 21.8. The highest BCUT2D eigenvalue weighted by atomic mass is 16.5. The predicted octanol–water partition coefficient (Wildman–Crippen LogP) is 28.4. The maximum Gasteiger partial charge on any atom is 0.266 e. The van der Waals surface area contributed by atoms with Crippen molar-refractivity contribution in [2.24, 2.45) is 0 Å². The van der Waals surface area contributed by atoms with Gasteiger partial charge in [0.05, 0.1) is 33.6 Å². The Kier molecular flexibility index (Phi) is 19.7. The van der Waals surface area contributed by atoms with Gasteiger partial charge in [-0.05, 0) is 173 Å². The highest BCUT2D eigenvalue weighted by Gasteiger charge is 2.42. The van der Waals surface area contributed by atoms with Crippen molar-refractivity contribution in [2.75, 3.05) is 9.80 Å². The Balaban J connectivity index is 0.00000240. The molecule has 10 heteroatoms. The van der Waals surface area contributed by atoms with Gasteiger partial charge in [-0.3, -0.25) is 19.2 Å². The number of hydrogen-bond donors (Lipinski definition) is 0. The molecule has 0 N–H and O–H groups in total. The summed E-state index contributed by atoms with van der Waals surface area (Å²) in [5.41, 5.74) is 10.1. The zero-order valence-corrected chi connectivity index (χ0v) is 66.1. The fraction of sp³-hybridized carbons (Fsp3) is 0.286. The summed E-state index contributed by atoms with van der Waals surface area (Å²) >= 11 is 0. The van der Waals surface area contributed by atoms with Crippen LogP contribution in [0.15, 0.2) is 182 Å². The number of benzene rings is 14. The number of carbonyl (C=O) groups is 4. The van der Waals surface area contributed by atoms with E-state index < -0.39 is 23.6 Å². The average Bonchev–Trinajstić information content (AvgIpc) is 0.670. The maximum atomic E-state index is 16.0. The molecule has 0 atom stereocenters. The van der Waals surface area contributed by atoms with Crippen LogP contribution in [0.25, 0.3) is 75.4 Å². The predicted molar refractivity (Wildman–Crippen MR) is 448 cm³/mol. The molecule has 4 amide bonds. The summed E-state index contributed by atoms with van der Waals surface area (Å²) in [5.74, 6) is 2.91. The number of amides is 4. The van der Waals surface area contributed by atoms with Crippen molar-refractivity contribution in [1.82, 2.24) is 0 Å². The van der Waals surface area contributed by atoms with Gasteiger partial charge in [-0.15, -0.1) is 0 Å². The zero-order chi connectivity index (χ0) is 76.9. The lowest BCUT2D eigenvalue weighted by Crippen LogP contribution is -2.40. The Bertz CT molecular complexity index is 5140. The number of rotatable bonds is 18. The molecule has 0 saturated heterocycles. The van der Waals surface area contributed by atoms with E-state index in [4.69, 9.17) is 18.9 Å². The maximum absolute atomic E-state index is 16.0. The molecule has 14 aromatic carbocycles. The largest absolute Gasteiger partial charge is 0.456 e. The van der Waals surface area contributed by atoms with E-state index in [-0.39, 0.29) is 47.3 Å². The Hall–Kier alpha value is -11.1. The van der Waals surface area contributed by atoms with Crippen molar-refractivity contribution >= 4 is 110 Å². The van der Waals surface area contributed by atoms with Gasteiger partial charge >= 0.3 is 0 Å². The van der Waals surface area contributed by atoms with E-state index in [2.05, 4.69) is 208 Å². The Labute approximate surface area is 635 Å². The van der Waals surface area contributed by atoms with Crippen LogP contribution in [0.5, 0.6) is 46.0 Å². The van der Waals surface area contributed by atoms with Crippen molar-refractivity contribution in [3.63, 3.8) is 0 Å². The van der Waals surface area contributed by atoms with Crippen molar-refractivity contribution < 1.29 is 38.1 Å². The van der Waals surface area contributed by atoms with Crippen LogP contribution in [0.1, 0.15) is 272 Å². The Morgan fingerprint density at radius 2 is 0.417 bits per heavy atom. The fourth-order valence-electron chi connectivity index (χ4n) is 16.7. The molecule has 0 saturated carbocycles. The number of carbonyl (C=O) groups excluding carboxylic acids is 4. The normalized spacial score (nSPS) is 13.1. The molecule has 0 aromatic heterocycles. The number of anilines is 2. The van der Waals surface area contributed by atoms with Gasteiger partial charge in [-0.25, -0.2) is 9.80 Å². The molecule has 0 spiro atoms. The first-order chi connectivity index (χ1) is 51.9. The first-order valence-electron chi connectivity index (χ1n) is 39.0. The summed E-state index contributed by atoms with van der Waals surface area (Å²) in [6.07, 6.45) is 0. The lowest BCUT2D eigenvalue weighted by Gasteiger charge is -2.32. The molecule has 16 rings (SSSR count). The Morgan fingerprint density at radius 3 is 0.602 bits per heavy atom. The quantitative estimate of drug-likeness (QED) is 0.0474. The molecular formula is C98H98N2O8. The molecule has 0 fully saturated rings. The van der Waals surface area contributed by atoms with Crippen molar-refractivity contribution in [3.8, 4) is 46.0 Å². The average molecular weight is 1430 g/mol. The van der Waals surface area contributed by atoms with Gasteiger partial charge < -0.3 is 18.9 Å². The topological polar surface area (TPSA) is 112 Å². The van der Waals surface area contributed by atoms with E-state index in [9.17, 15) is 0 Å². The number of imide groups is 2. The fourth-order valence-corrected chi connectivity index (χ4v) is 16.7. The van der Waals surface area contributed by atoms with Crippen molar-refractivity contribution in [1.29, 1.82) is 0 Å². The molecule has 0 unspecified atom stereocenters. The zero-order valence-electron chi connectivity index (χ0n) is 66.1. The summed E-state index contributed by atoms with van der Waals surface area (Å²) in [6.45, 7) is 42.7. The van der Waals surface area contributed by atoms with Gasteiger partial charge in [-0.2, -0.15) is 0 Å². The van der Waals surface area contributed by atoms with E-state index >= 15 is 19.2 Å². The van der Waals surface area contributed by atoms with Crippen molar-refractivity contribution in [3.05, 3.63) is 249 Å². The minimum atomic E-state index is -0.478. The SMILES string of the molecule is CC.CC.CC(C)c1cccc(C(C)C)c1Oc1cc2c3c(cc(Oc4c(C(C)C)cccc4C(C)C)c4c5ccc6c7c(Oc8c(C(C)C)cccc8C(C)C)cc8c9c(cc(Oc%10c(C(C)C)cccc%10C(C)C)c(c%10ccc(c1c34)c5c%106)c97)C(=O)N(c1ccccc1)C8=O)C(=O)N(c1ccccc1)C2=O. The summed E-state index contributed by atoms with van der Waals surface area (Å²) in [7, 11) is 0. The van der Waals surface area contributed by atoms with Gasteiger partial charge in [0.25, 0.3) is 23.6 Å². The minimum Gasteiger partial charge on any atom is -0.456 e. The smallest absolute Gasteiger partial charge is 0.266 e. The van der Waals surface area contributed by atoms with Gasteiger partial charge in [0.15, 0.2) is 0 Å². The van der Waals surface area contributed by atoms with E-state index in [1.807, 2.05) is 88.4 Å². The molecule has 2 aliphatic heterocycles. The van der Waals surface area contributed by atoms with Crippen LogP contribution in [0, 0.1) is 0 Å². The van der Waals surface area contributed by atoms with Crippen LogP contribution in [0.3, 0.4) is 0 Å². The summed E-state index contributed by atoms with van der Waals surface area (Å²) < 4.78 is 31.2. The van der Waals surface area contributed by atoms with Gasteiger partial charge in [-0.1, -0.05) is 272 Å². The standard InChI is InChI=1S/C94H86N2O8.2C2H6/c1-47(2)57-31-23-32-58(48(3)4)87(57)101-73-43-69-79-70(92(98)95(91(69)97)55-27-19-17-20-28-55)44-74(102-88-59(49(5)6)33-24-34-60(88)50(7)8)82-66-41-42-68-78-67(40-39-65(77(66)78)81(73)85(79)82)83-75(103-89-61(51(9)10)35-25-36-62(89)52(11)12)45-71-80-72(94(100)96(93(71)99)56-29-21-18-22-30-56)46-76(84(68)86(80)83)104-90-63(53(13)14)37-26-38-64(90)54(15)16;2*1-2/h17-54H,1-16H3;2*1-2H3. The van der Waals surface area contributed by atoms with Gasteiger partial charge in [0, 0.05) is 43.1 Å². The molecular weight excluding hydrogens is 1330 g/mol. The van der Waals surface area contributed by atoms with Crippen LogP contribution in [0.4, 0.5) is 11.4 Å². The van der Waals surface area contributed by atoms with Gasteiger partial charge in [0.1, 0.15) is 46.0 Å². The third kappa shape index (κ3) is 11.7. The number of ether oxygens (including phenoxy) is 4. The van der Waals surface area contributed by atoms with Crippen LogP contribution in [-0.4, -0.2) is 23.6 Å². The molecule has 108 heavy (non-hydrogen) atoms. The highest BCUT2D eigenvalue weighted by molar-refractivity contribution is 6.49. The summed E-state index contributed by atoms with van der Waals surface area (Å²) in [6, 6.07) is 59.8. The molecule has 2 heterocycles. The van der Waals surface area contributed by atoms with Crippen LogP contribution in [-0.2, 0) is 0 Å². The molecule has 2 aliphatic rings. The van der Waals surface area contributed by atoms with Crippen molar-refractivity contribution in [2.45, 2.75) is 186 Å². The Morgan fingerprint density at radius 1 is 0.222 bits per heavy atom. The minimum absolute atomic E-state index is 0.0365. The summed E-state index contributed by atoms with van der Waals surface area (Å²) in [4.78, 5) is 66.6. The van der Waals surface area contributed by atoms with E-state index in [0.29, 0.717) is 123 Å². The highest BCUT2D eigenvalue weighted by Crippen LogP contribution is 2.59. The van der Waals surface area contributed by atoms with Crippen LogP contribution >= 0.6 is 0 Å². The summed E-state index contributed by atoms with van der Waals surface area (Å²) in [5, 5.41) is 9.93. The molecule has 10 nitrogen and oxygen atoms in total. The molecule has 0 bridgehead atoms. The lowest BCUT2D eigenvalue weighted by molar-refractivity contribution is 0.0877. The van der Waals surface area contributed by atoms with E-state index in [1.165, 1.54) is 9.80 Å². The lowest BCUT2D eigenvalue weighted by atomic mass is 9.79. The second kappa shape index (κ2) is 28.9. The number of para-hydroxylation sites is 6. The monoisotopic (exact) mass is 1430 g/mol. The molecule has 0 aliphatic carbocycles. The van der Waals surface area contributed by atoms with Gasteiger partial charge in [0.2, 0.25) is 0 Å². The number of nitrogens with zero attached hydrogens (tertiary/aromatic N) is 2. The molecule has 14 aromatic rings.